The van der Waals surface area contributed by atoms with E-state index in [0.717, 1.165) is 12.3 Å². The van der Waals surface area contributed by atoms with Gasteiger partial charge in [0.05, 0.1) is 24.1 Å². The molecule has 9 heteroatoms. The molecule has 0 saturated carbocycles. The van der Waals surface area contributed by atoms with Crippen LogP contribution < -0.4 is 5.73 Å². The quantitative estimate of drug-likeness (QED) is 0.771. The molecule has 1 aromatic heterocycles. The predicted octanol–water partition coefficient (Wildman–Crippen LogP) is 0.876. The summed E-state index contributed by atoms with van der Waals surface area (Å²) in [6, 6.07) is 0.726. The van der Waals surface area contributed by atoms with Gasteiger partial charge in [0, 0.05) is 12.7 Å². The Hall–Kier alpha value is -2.03. The molecule has 6 nitrogen and oxygen atoms in total. The van der Waals surface area contributed by atoms with Gasteiger partial charge in [0.15, 0.2) is 0 Å². The Morgan fingerprint density at radius 1 is 1.45 bits per heavy atom. The molecule has 2 rings (SSSR count). The number of aromatic amines is 1. The maximum atomic E-state index is 12.5. The van der Waals surface area contributed by atoms with Crippen LogP contribution in [0.4, 0.5) is 13.2 Å². The zero-order valence-electron chi connectivity index (χ0n) is 11.6. The van der Waals surface area contributed by atoms with Crippen LogP contribution in [0.15, 0.2) is 12.3 Å². The van der Waals surface area contributed by atoms with Crippen molar-refractivity contribution in [2.45, 2.75) is 31.0 Å². The number of aromatic nitrogens is 1. The molecular weight excluding hydrogens is 303 g/mol. The second kappa shape index (κ2) is 5.64. The van der Waals surface area contributed by atoms with Crippen LogP contribution in [0, 0.1) is 0 Å². The van der Waals surface area contributed by atoms with Crippen molar-refractivity contribution in [3.8, 4) is 0 Å². The fourth-order valence-corrected chi connectivity index (χ4v) is 2.62. The zero-order chi connectivity index (χ0) is 16.5. The molecule has 1 atom stereocenters. The van der Waals surface area contributed by atoms with Crippen LogP contribution in [0.3, 0.4) is 0 Å². The predicted molar refractivity (Wildman–Crippen MR) is 69.7 cm³/mol. The van der Waals surface area contributed by atoms with Crippen LogP contribution in [-0.2, 0) is 11.0 Å². The van der Waals surface area contributed by atoms with E-state index >= 15 is 0 Å². The molecule has 0 spiro atoms. The number of H-pyrrole nitrogens is 1. The lowest BCUT2D eigenvalue weighted by Gasteiger charge is -2.38. The summed E-state index contributed by atoms with van der Waals surface area (Å²) >= 11 is 0. The molecule has 1 saturated heterocycles. The number of aliphatic hydroxyl groups is 1. The van der Waals surface area contributed by atoms with Crippen molar-refractivity contribution < 1.29 is 27.9 Å². The Kier molecular flexibility index (Phi) is 4.19. The zero-order valence-corrected chi connectivity index (χ0v) is 11.6. The Labute approximate surface area is 124 Å². The highest BCUT2D eigenvalue weighted by Crippen LogP contribution is 2.30. The number of hydrogen-bond donors (Lipinski definition) is 3. The van der Waals surface area contributed by atoms with Crippen molar-refractivity contribution in [2.75, 3.05) is 13.1 Å². The van der Waals surface area contributed by atoms with Gasteiger partial charge in [-0.05, 0) is 18.9 Å². The second-order valence-electron chi connectivity index (χ2n) is 5.50. The van der Waals surface area contributed by atoms with Crippen molar-refractivity contribution in [1.29, 1.82) is 0 Å². The third-order valence-corrected chi connectivity index (χ3v) is 3.58. The summed E-state index contributed by atoms with van der Waals surface area (Å²) in [5.74, 6) is -1.33. The van der Waals surface area contributed by atoms with Gasteiger partial charge in [-0.25, -0.2) is 0 Å². The van der Waals surface area contributed by atoms with E-state index in [1.165, 1.54) is 4.90 Å². The van der Waals surface area contributed by atoms with Gasteiger partial charge in [-0.3, -0.25) is 9.59 Å². The van der Waals surface area contributed by atoms with Crippen LogP contribution >= 0.6 is 0 Å². The van der Waals surface area contributed by atoms with Crippen molar-refractivity contribution in [1.82, 2.24) is 9.88 Å². The number of amides is 2. The summed E-state index contributed by atoms with van der Waals surface area (Å²) in [6.07, 6.45) is -3.13. The van der Waals surface area contributed by atoms with Crippen molar-refractivity contribution in [2.24, 2.45) is 5.73 Å². The van der Waals surface area contributed by atoms with Gasteiger partial charge in [0.2, 0.25) is 5.91 Å². The lowest BCUT2D eigenvalue weighted by Crippen LogP contribution is -2.51. The summed E-state index contributed by atoms with van der Waals surface area (Å²) in [4.78, 5) is 26.4. The van der Waals surface area contributed by atoms with Crippen LogP contribution in [0.1, 0.15) is 35.3 Å². The summed E-state index contributed by atoms with van der Waals surface area (Å²) in [5, 5.41) is 10.3. The van der Waals surface area contributed by atoms with Gasteiger partial charge in [0.1, 0.15) is 5.69 Å². The van der Waals surface area contributed by atoms with Crippen molar-refractivity contribution >= 4 is 11.8 Å². The lowest BCUT2D eigenvalue weighted by molar-refractivity contribution is -0.140. The minimum absolute atomic E-state index is 0.138. The highest BCUT2D eigenvalue weighted by molar-refractivity contribution is 5.94. The summed E-state index contributed by atoms with van der Waals surface area (Å²) in [7, 11) is 0. The number of nitrogens with zero attached hydrogens (tertiary/aromatic N) is 1. The average Bonchev–Trinajstić information content (AvgIpc) is 2.85. The SMILES string of the molecule is NC(=O)CC1(O)CCCN(C(=O)c2c[nH]c(C(F)(F)F)c2)C1. The van der Waals surface area contributed by atoms with E-state index in [9.17, 15) is 27.9 Å². The minimum atomic E-state index is -4.56. The smallest absolute Gasteiger partial charge is 0.388 e. The molecule has 1 aliphatic heterocycles. The summed E-state index contributed by atoms with van der Waals surface area (Å²) < 4.78 is 37.6. The number of nitrogens with two attached hydrogens (primary N) is 1. The van der Waals surface area contributed by atoms with Crippen LogP contribution in [0.2, 0.25) is 0 Å². The normalized spacial score (nSPS) is 22.6. The summed E-state index contributed by atoms with van der Waals surface area (Å²) in [6.45, 7) is 0.160. The Balaban J connectivity index is 2.12. The monoisotopic (exact) mass is 319 g/mol. The van der Waals surface area contributed by atoms with Gasteiger partial charge in [-0.2, -0.15) is 13.2 Å². The first-order valence-corrected chi connectivity index (χ1v) is 6.66. The second-order valence-corrected chi connectivity index (χ2v) is 5.50. The molecule has 0 aromatic carbocycles. The first-order chi connectivity index (χ1) is 10.1. The molecule has 122 valence electrons. The van der Waals surface area contributed by atoms with Crippen molar-refractivity contribution in [3.63, 3.8) is 0 Å². The molecule has 22 heavy (non-hydrogen) atoms. The molecule has 0 radical (unpaired) electrons. The molecule has 1 aromatic rings. The third kappa shape index (κ3) is 3.59. The van der Waals surface area contributed by atoms with E-state index < -0.39 is 29.3 Å². The van der Waals surface area contributed by atoms with E-state index in [4.69, 9.17) is 5.73 Å². The minimum Gasteiger partial charge on any atom is -0.388 e. The Morgan fingerprint density at radius 2 is 2.14 bits per heavy atom. The maximum absolute atomic E-state index is 12.5. The molecular formula is C13H16F3N3O3. The molecule has 1 aliphatic rings. The van der Waals surface area contributed by atoms with E-state index in [1.54, 1.807) is 0 Å². The largest absolute Gasteiger partial charge is 0.431 e. The maximum Gasteiger partial charge on any atom is 0.431 e. The third-order valence-electron chi connectivity index (χ3n) is 3.58. The van der Waals surface area contributed by atoms with Gasteiger partial charge in [-0.15, -0.1) is 0 Å². The highest BCUT2D eigenvalue weighted by atomic mass is 19.4. The summed E-state index contributed by atoms with van der Waals surface area (Å²) in [5.41, 5.74) is 2.48. The molecule has 0 bridgehead atoms. The number of alkyl halides is 3. The number of halogens is 3. The van der Waals surface area contributed by atoms with Gasteiger partial charge < -0.3 is 20.7 Å². The molecule has 2 heterocycles. The number of piperidine rings is 1. The standard InChI is InChI=1S/C13H16F3N3O3/c14-13(15,16)9-4-8(6-18-9)11(21)19-3-1-2-12(22,7-19)5-10(17)20/h4,6,18,22H,1-3,5,7H2,(H2,17,20). The Morgan fingerprint density at radius 3 is 2.68 bits per heavy atom. The van der Waals surface area contributed by atoms with E-state index in [0.29, 0.717) is 19.4 Å². The van der Waals surface area contributed by atoms with Crippen LogP contribution in [0.25, 0.3) is 0 Å². The van der Waals surface area contributed by atoms with E-state index in [1.807, 2.05) is 4.98 Å². The number of primary amides is 1. The van der Waals surface area contributed by atoms with Gasteiger partial charge in [0.25, 0.3) is 5.91 Å². The number of β-amino-alcohol motifs (C(OH)–C–C–N with tert-alkyl or cyclic N) is 1. The molecule has 1 fully saturated rings. The first-order valence-electron chi connectivity index (χ1n) is 6.66. The number of carbonyl (C=O) groups excluding carboxylic acids is 2. The fourth-order valence-electron chi connectivity index (χ4n) is 2.62. The molecule has 1 unspecified atom stereocenters. The van der Waals surface area contributed by atoms with Crippen molar-refractivity contribution in [3.05, 3.63) is 23.5 Å². The fraction of sp³-hybridized carbons (Fsp3) is 0.538. The van der Waals surface area contributed by atoms with E-state index in [-0.39, 0.29) is 18.5 Å². The number of nitrogens with one attached hydrogen (secondary N) is 1. The molecule has 4 N–H and O–H groups in total. The van der Waals surface area contributed by atoms with E-state index in [2.05, 4.69) is 0 Å². The molecule has 0 aliphatic carbocycles. The molecule has 2 amide bonds. The topological polar surface area (TPSA) is 99.4 Å². The number of rotatable bonds is 3. The first kappa shape index (κ1) is 16.3. The Bertz CT molecular complexity index is 585. The number of carbonyl (C=O) groups is 2. The lowest BCUT2D eigenvalue weighted by atomic mass is 9.89. The van der Waals surface area contributed by atoms with Crippen LogP contribution in [-0.4, -0.2) is 45.5 Å². The number of likely N-dealkylation sites (tertiary alicyclic amines) is 1. The highest BCUT2D eigenvalue weighted by Gasteiger charge is 2.38. The average molecular weight is 319 g/mol. The number of hydrogen-bond acceptors (Lipinski definition) is 3. The van der Waals surface area contributed by atoms with Gasteiger partial charge >= 0.3 is 6.18 Å². The van der Waals surface area contributed by atoms with Gasteiger partial charge in [-0.1, -0.05) is 0 Å². The van der Waals surface area contributed by atoms with Crippen LogP contribution in [0.5, 0.6) is 0 Å².